The van der Waals surface area contributed by atoms with E-state index in [-0.39, 0.29) is 6.09 Å². The van der Waals surface area contributed by atoms with E-state index >= 15 is 0 Å². The van der Waals surface area contributed by atoms with Gasteiger partial charge in [-0.2, -0.15) is 0 Å². The van der Waals surface area contributed by atoms with Gasteiger partial charge in [-0.15, -0.1) is 0 Å². The molecule has 0 saturated heterocycles. The summed E-state index contributed by atoms with van der Waals surface area (Å²) in [4.78, 5) is 22.5. The molecule has 1 N–H and O–H groups in total. The molecule has 1 aliphatic rings. The third-order valence-corrected chi connectivity index (χ3v) is 3.51. The zero-order chi connectivity index (χ0) is 16.9. The van der Waals surface area contributed by atoms with E-state index in [0.717, 1.165) is 50.4 Å². The third-order valence-electron chi connectivity index (χ3n) is 3.51. The molecule has 2 rings (SSSR count). The van der Waals surface area contributed by atoms with Crippen LogP contribution < -0.4 is 5.32 Å². The third kappa shape index (κ3) is 6.52. The number of nitrogens with zero attached hydrogens (tertiary/aromatic N) is 3. The number of hydrogen-bond acceptors (Lipinski definition) is 5. The molecule has 128 valence electrons. The molecular weight excluding hydrogens is 292 g/mol. The number of aromatic nitrogens is 2. The van der Waals surface area contributed by atoms with Gasteiger partial charge < -0.3 is 15.0 Å². The van der Waals surface area contributed by atoms with Gasteiger partial charge in [-0.3, -0.25) is 0 Å². The molecule has 1 amide bonds. The van der Waals surface area contributed by atoms with Crippen LogP contribution in [0.1, 0.15) is 51.6 Å². The molecule has 6 nitrogen and oxygen atoms in total. The summed E-state index contributed by atoms with van der Waals surface area (Å²) in [6, 6.07) is 2.28. The van der Waals surface area contributed by atoms with Gasteiger partial charge in [0, 0.05) is 25.3 Å². The fourth-order valence-corrected chi connectivity index (χ4v) is 2.32. The number of hydrogen-bond donors (Lipinski definition) is 1. The van der Waals surface area contributed by atoms with Gasteiger partial charge in [0.25, 0.3) is 0 Å². The number of carbonyl (C=O) groups is 1. The summed E-state index contributed by atoms with van der Waals surface area (Å²) >= 11 is 0. The smallest absolute Gasteiger partial charge is 0.410 e. The molecule has 0 atom stereocenters. The van der Waals surface area contributed by atoms with Crippen molar-refractivity contribution >= 4 is 6.09 Å². The zero-order valence-corrected chi connectivity index (χ0v) is 14.6. The summed E-state index contributed by atoms with van der Waals surface area (Å²) in [7, 11) is 0. The first kappa shape index (κ1) is 17.7. The second-order valence-corrected chi connectivity index (χ2v) is 7.03. The molecule has 0 aromatic carbocycles. The van der Waals surface area contributed by atoms with Crippen LogP contribution in [0.15, 0.2) is 12.3 Å². The first-order valence-corrected chi connectivity index (χ1v) is 8.34. The van der Waals surface area contributed by atoms with Crippen molar-refractivity contribution in [3.63, 3.8) is 0 Å². The summed E-state index contributed by atoms with van der Waals surface area (Å²) in [6.45, 7) is 9.89. The Morgan fingerprint density at radius 1 is 1.43 bits per heavy atom. The van der Waals surface area contributed by atoms with Crippen LogP contribution >= 0.6 is 0 Å². The lowest BCUT2D eigenvalue weighted by molar-refractivity contribution is 0.0232. The van der Waals surface area contributed by atoms with Crippen LogP contribution in [-0.4, -0.2) is 45.7 Å². The second-order valence-electron chi connectivity index (χ2n) is 7.03. The number of ether oxygens (including phenoxy) is 1. The Morgan fingerprint density at radius 3 is 2.78 bits per heavy atom. The zero-order valence-electron chi connectivity index (χ0n) is 14.6. The summed E-state index contributed by atoms with van der Waals surface area (Å²) in [6.07, 6.45) is 4.67. The number of aryl methyl sites for hydroxylation is 1. The maximum Gasteiger partial charge on any atom is 0.410 e. The molecule has 6 heteroatoms. The summed E-state index contributed by atoms with van der Waals surface area (Å²) in [5.41, 5.74) is 0.552. The van der Waals surface area contributed by atoms with Crippen molar-refractivity contribution < 1.29 is 9.53 Å². The van der Waals surface area contributed by atoms with Gasteiger partial charge in [0.15, 0.2) is 0 Å². The maximum atomic E-state index is 12.2. The Kier molecular flexibility index (Phi) is 5.93. The number of rotatable bonds is 7. The molecule has 1 saturated carbocycles. The predicted molar refractivity (Wildman–Crippen MR) is 89.1 cm³/mol. The molecule has 0 bridgehead atoms. The minimum atomic E-state index is -0.437. The van der Waals surface area contributed by atoms with Crippen LogP contribution in [0.4, 0.5) is 4.79 Å². The Bertz CT molecular complexity index is 524. The van der Waals surface area contributed by atoms with Gasteiger partial charge in [0.1, 0.15) is 11.4 Å². The lowest BCUT2D eigenvalue weighted by atomic mass is 10.2. The van der Waals surface area contributed by atoms with E-state index in [1.807, 2.05) is 38.7 Å². The highest BCUT2D eigenvalue weighted by Crippen LogP contribution is 2.28. The molecule has 1 fully saturated rings. The van der Waals surface area contributed by atoms with Gasteiger partial charge >= 0.3 is 6.09 Å². The molecule has 1 aliphatic carbocycles. The molecule has 0 aliphatic heterocycles. The first-order chi connectivity index (χ1) is 10.8. The number of carbonyl (C=O) groups excluding carboxylic acids is 1. The van der Waals surface area contributed by atoms with Gasteiger partial charge in [-0.25, -0.2) is 14.8 Å². The standard InChI is InChI=1S/C17H28N4O2/c1-13-19-10-8-14(20-13)12-18-9-5-11-21(15-6-7-15)16(22)23-17(2,3)4/h8,10,15,18H,5-7,9,11-12H2,1-4H3. The second kappa shape index (κ2) is 7.73. The van der Waals surface area contributed by atoms with E-state index in [1.165, 1.54) is 0 Å². The average molecular weight is 320 g/mol. The van der Waals surface area contributed by atoms with Gasteiger partial charge in [0.05, 0.1) is 5.69 Å². The molecule has 23 heavy (non-hydrogen) atoms. The minimum absolute atomic E-state index is 0.188. The highest BCUT2D eigenvalue weighted by molar-refractivity contribution is 5.69. The monoisotopic (exact) mass is 320 g/mol. The van der Waals surface area contributed by atoms with Crippen LogP contribution in [0.25, 0.3) is 0 Å². The minimum Gasteiger partial charge on any atom is -0.444 e. The van der Waals surface area contributed by atoms with Gasteiger partial charge in [-0.05, 0) is 59.6 Å². The van der Waals surface area contributed by atoms with Gasteiger partial charge in [0.2, 0.25) is 0 Å². The normalized spacial score (nSPS) is 14.6. The molecule has 0 radical (unpaired) electrons. The van der Waals surface area contributed by atoms with E-state index in [0.29, 0.717) is 6.04 Å². The molecule has 0 spiro atoms. The SMILES string of the molecule is Cc1nccc(CNCCCN(C(=O)OC(C)(C)C)C2CC2)n1. The van der Waals surface area contributed by atoms with Gasteiger partial charge in [-0.1, -0.05) is 0 Å². The first-order valence-electron chi connectivity index (χ1n) is 8.34. The number of nitrogens with one attached hydrogen (secondary N) is 1. The Morgan fingerprint density at radius 2 is 2.17 bits per heavy atom. The highest BCUT2D eigenvalue weighted by Gasteiger charge is 2.34. The maximum absolute atomic E-state index is 12.2. The number of amides is 1. The summed E-state index contributed by atoms with van der Waals surface area (Å²) in [5, 5.41) is 3.36. The Balaban J connectivity index is 1.69. The van der Waals surface area contributed by atoms with Crippen molar-refractivity contribution in [1.82, 2.24) is 20.2 Å². The fourth-order valence-electron chi connectivity index (χ4n) is 2.32. The highest BCUT2D eigenvalue weighted by atomic mass is 16.6. The van der Waals surface area contributed by atoms with Crippen molar-refractivity contribution in [2.75, 3.05) is 13.1 Å². The van der Waals surface area contributed by atoms with Crippen molar-refractivity contribution in [3.05, 3.63) is 23.8 Å². The van der Waals surface area contributed by atoms with Crippen LogP contribution in [0.3, 0.4) is 0 Å². The predicted octanol–water partition coefficient (Wildman–Crippen LogP) is 2.66. The Labute approximate surface area is 138 Å². The largest absolute Gasteiger partial charge is 0.444 e. The van der Waals surface area contributed by atoms with Crippen LogP contribution in [0, 0.1) is 6.92 Å². The quantitative estimate of drug-likeness (QED) is 0.782. The molecule has 1 heterocycles. The van der Waals surface area contributed by atoms with E-state index < -0.39 is 5.60 Å². The fraction of sp³-hybridized carbons (Fsp3) is 0.706. The average Bonchev–Trinajstić information content (AvgIpc) is 3.25. The van der Waals surface area contributed by atoms with Crippen molar-refractivity contribution in [1.29, 1.82) is 0 Å². The van der Waals surface area contributed by atoms with Crippen molar-refractivity contribution in [3.8, 4) is 0 Å². The van der Waals surface area contributed by atoms with Crippen molar-refractivity contribution in [2.45, 2.75) is 65.1 Å². The topological polar surface area (TPSA) is 67.4 Å². The Hall–Kier alpha value is -1.69. The van der Waals surface area contributed by atoms with Crippen LogP contribution in [0.2, 0.25) is 0 Å². The molecule has 1 aromatic rings. The lowest BCUT2D eigenvalue weighted by Crippen LogP contribution is -2.39. The van der Waals surface area contributed by atoms with Crippen LogP contribution in [0.5, 0.6) is 0 Å². The van der Waals surface area contributed by atoms with E-state index in [2.05, 4.69) is 15.3 Å². The van der Waals surface area contributed by atoms with Crippen molar-refractivity contribution in [2.24, 2.45) is 0 Å². The molecule has 0 unspecified atom stereocenters. The van der Waals surface area contributed by atoms with Crippen LogP contribution in [-0.2, 0) is 11.3 Å². The van der Waals surface area contributed by atoms with E-state index in [1.54, 1.807) is 6.20 Å². The van der Waals surface area contributed by atoms with E-state index in [9.17, 15) is 4.79 Å². The molecular formula is C17H28N4O2. The lowest BCUT2D eigenvalue weighted by Gasteiger charge is -2.27. The summed E-state index contributed by atoms with van der Waals surface area (Å²) in [5.74, 6) is 0.786. The van der Waals surface area contributed by atoms with E-state index in [4.69, 9.17) is 4.74 Å². The molecule has 1 aromatic heterocycles. The summed E-state index contributed by atoms with van der Waals surface area (Å²) < 4.78 is 5.49.